The molecule has 0 radical (unpaired) electrons. The van der Waals surface area contributed by atoms with Crippen molar-refractivity contribution in [2.24, 2.45) is 5.92 Å². The monoisotopic (exact) mass is 281 g/mol. The number of nitrogens with one attached hydrogen (secondary N) is 1. The molecule has 0 aromatic carbocycles. The first kappa shape index (κ1) is 14.9. The van der Waals surface area contributed by atoms with Gasteiger partial charge in [0.05, 0.1) is 5.69 Å². The van der Waals surface area contributed by atoms with E-state index in [1.54, 1.807) is 11.3 Å². The van der Waals surface area contributed by atoms with E-state index in [-0.39, 0.29) is 0 Å². The van der Waals surface area contributed by atoms with Crippen LogP contribution in [-0.4, -0.2) is 28.5 Å². The first-order valence-electron chi connectivity index (χ1n) is 7.45. The lowest BCUT2D eigenvalue weighted by molar-refractivity contribution is 0.187. The minimum Gasteiger partial charge on any atom is -0.308 e. The maximum atomic E-state index is 4.75. The van der Waals surface area contributed by atoms with Crippen LogP contribution in [0.5, 0.6) is 0 Å². The third-order valence-electron chi connectivity index (χ3n) is 3.41. The normalized spacial score (nSPS) is 15.9. The van der Waals surface area contributed by atoms with Gasteiger partial charge in [0.15, 0.2) is 0 Å². The molecule has 4 heteroatoms. The van der Waals surface area contributed by atoms with E-state index in [1.807, 2.05) is 0 Å². The van der Waals surface area contributed by atoms with Gasteiger partial charge < -0.3 is 5.32 Å². The average Bonchev–Trinajstić information content (AvgIpc) is 3.05. The summed E-state index contributed by atoms with van der Waals surface area (Å²) in [6.07, 6.45) is 2.68. The second-order valence-corrected chi connectivity index (χ2v) is 7.25. The van der Waals surface area contributed by atoms with Crippen molar-refractivity contribution in [3.8, 4) is 0 Å². The number of hydrogen-bond acceptors (Lipinski definition) is 4. The van der Waals surface area contributed by atoms with Crippen molar-refractivity contribution in [3.05, 3.63) is 16.1 Å². The molecule has 108 valence electrons. The van der Waals surface area contributed by atoms with Crippen LogP contribution < -0.4 is 5.32 Å². The predicted octanol–water partition coefficient (Wildman–Crippen LogP) is 3.26. The highest BCUT2D eigenvalue weighted by Gasteiger charge is 2.20. The van der Waals surface area contributed by atoms with Gasteiger partial charge in [-0.05, 0) is 32.6 Å². The summed E-state index contributed by atoms with van der Waals surface area (Å²) in [6.45, 7) is 12.2. The zero-order valence-corrected chi connectivity index (χ0v) is 13.5. The number of thiazole rings is 1. The summed E-state index contributed by atoms with van der Waals surface area (Å²) in [6, 6.07) is 1.34. The van der Waals surface area contributed by atoms with E-state index < -0.39 is 0 Å². The molecule has 0 unspecified atom stereocenters. The highest BCUT2D eigenvalue weighted by molar-refractivity contribution is 7.09. The Labute approximate surface area is 121 Å². The molecule has 1 heterocycles. The molecular formula is C15H27N3S. The fraction of sp³-hybridized carbons (Fsp3) is 0.800. The number of aromatic nitrogens is 1. The van der Waals surface area contributed by atoms with Crippen molar-refractivity contribution in [2.45, 2.75) is 65.7 Å². The molecule has 1 saturated carbocycles. The van der Waals surface area contributed by atoms with Crippen LogP contribution in [0.15, 0.2) is 5.38 Å². The third-order valence-corrected chi connectivity index (χ3v) is 4.31. The smallest absolute Gasteiger partial charge is 0.107 e. The Balaban J connectivity index is 1.85. The summed E-state index contributed by atoms with van der Waals surface area (Å²) in [5.74, 6) is 0.706. The second-order valence-electron chi connectivity index (χ2n) is 6.30. The minimum atomic E-state index is 0.581. The molecule has 0 amide bonds. The SMILES string of the molecule is CC(C)CN(Cc1csc(CNC2CC2)n1)C(C)C. The largest absolute Gasteiger partial charge is 0.308 e. The van der Waals surface area contributed by atoms with Crippen LogP contribution in [0, 0.1) is 5.92 Å². The third kappa shape index (κ3) is 5.21. The molecule has 19 heavy (non-hydrogen) atoms. The molecule has 2 rings (SSSR count). The Hall–Kier alpha value is -0.450. The highest BCUT2D eigenvalue weighted by Crippen LogP contribution is 2.20. The van der Waals surface area contributed by atoms with Crippen molar-refractivity contribution in [3.63, 3.8) is 0 Å². The summed E-state index contributed by atoms with van der Waals surface area (Å²) in [4.78, 5) is 7.27. The first-order chi connectivity index (χ1) is 9.04. The van der Waals surface area contributed by atoms with Gasteiger partial charge >= 0.3 is 0 Å². The highest BCUT2D eigenvalue weighted by atomic mass is 32.1. The van der Waals surface area contributed by atoms with Gasteiger partial charge in [-0.3, -0.25) is 4.90 Å². The Kier molecular flexibility index (Phi) is 5.37. The Morgan fingerprint density at radius 1 is 1.37 bits per heavy atom. The van der Waals surface area contributed by atoms with Crippen LogP contribution in [0.25, 0.3) is 0 Å². The van der Waals surface area contributed by atoms with Crippen LogP contribution in [0.3, 0.4) is 0 Å². The number of nitrogens with zero attached hydrogens (tertiary/aromatic N) is 2. The van der Waals surface area contributed by atoms with Gasteiger partial charge in [0.25, 0.3) is 0 Å². The first-order valence-corrected chi connectivity index (χ1v) is 8.33. The van der Waals surface area contributed by atoms with Gasteiger partial charge in [-0.25, -0.2) is 4.98 Å². The Bertz CT molecular complexity index is 382. The predicted molar refractivity (Wildman–Crippen MR) is 82.4 cm³/mol. The van der Waals surface area contributed by atoms with Crippen molar-refractivity contribution in [2.75, 3.05) is 6.54 Å². The van der Waals surface area contributed by atoms with Gasteiger partial charge in [0.2, 0.25) is 0 Å². The molecule has 1 aromatic rings. The Morgan fingerprint density at radius 2 is 2.11 bits per heavy atom. The molecule has 0 aliphatic heterocycles. The number of hydrogen-bond donors (Lipinski definition) is 1. The van der Waals surface area contributed by atoms with E-state index in [2.05, 4.69) is 43.3 Å². The lowest BCUT2D eigenvalue weighted by Crippen LogP contribution is -2.33. The molecule has 0 saturated heterocycles. The van der Waals surface area contributed by atoms with E-state index in [9.17, 15) is 0 Å². The summed E-state index contributed by atoms with van der Waals surface area (Å²) in [5.41, 5.74) is 1.23. The van der Waals surface area contributed by atoms with Crippen LogP contribution in [-0.2, 0) is 13.1 Å². The fourth-order valence-corrected chi connectivity index (χ4v) is 2.89. The Morgan fingerprint density at radius 3 is 2.68 bits per heavy atom. The lowest BCUT2D eigenvalue weighted by Gasteiger charge is -2.27. The molecule has 0 spiro atoms. The summed E-state index contributed by atoms with van der Waals surface area (Å²) < 4.78 is 0. The van der Waals surface area contributed by atoms with Gasteiger partial charge in [0.1, 0.15) is 5.01 Å². The minimum absolute atomic E-state index is 0.581. The molecule has 1 fully saturated rings. The van der Waals surface area contributed by atoms with E-state index in [4.69, 9.17) is 4.98 Å². The van der Waals surface area contributed by atoms with Crippen LogP contribution >= 0.6 is 11.3 Å². The average molecular weight is 281 g/mol. The molecule has 0 bridgehead atoms. The van der Waals surface area contributed by atoms with Gasteiger partial charge in [-0.2, -0.15) is 0 Å². The maximum absolute atomic E-state index is 4.75. The van der Waals surface area contributed by atoms with E-state index in [0.29, 0.717) is 12.0 Å². The number of rotatable bonds is 8. The molecular weight excluding hydrogens is 254 g/mol. The molecule has 0 atom stereocenters. The lowest BCUT2D eigenvalue weighted by atomic mass is 10.1. The maximum Gasteiger partial charge on any atom is 0.107 e. The van der Waals surface area contributed by atoms with Gasteiger partial charge in [-0.1, -0.05) is 13.8 Å². The molecule has 1 aromatic heterocycles. The van der Waals surface area contributed by atoms with Crippen LogP contribution in [0.2, 0.25) is 0 Å². The van der Waals surface area contributed by atoms with Gasteiger partial charge in [-0.15, -0.1) is 11.3 Å². The van der Waals surface area contributed by atoms with Crippen molar-refractivity contribution < 1.29 is 0 Å². The quantitative estimate of drug-likeness (QED) is 0.793. The summed E-state index contributed by atoms with van der Waals surface area (Å²) in [7, 11) is 0. The molecule has 3 nitrogen and oxygen atoms in total. The zero-order valence-electron chi connectivity index (χ0n) is 12.6. The standard InChI is InChI=1S/C15H27N3S/c1-11(2)8-18(12(3)4)9-14-10-19-15(17-14)7-16-13-5-6-13/h10-13,16H,5-9H2,1-4H3. The van der Waals surface area contributed by atoms with Crippen molar-refractivity contribution in [1.29, 1.82) is 0 Å². The molecule has 1 aliphatic carbocycles. The summed E-state index contributed by atoms with van der Waals surface area (Å²) >= 11 is 1.79. The van der Waals surface area contributed by atoms with E-state index >= 15 is 0 Å². The molecule has 1 aliphatic rings. The summed E-state index contributed by atoms with van der Waals surface area (Å²) in [5, 5.41) is 6.98. The van der Waals surface area contributed by atoms with Crippen molar-refractivity contribution in [1.82, 2.24) is 15.2 Å². The van der Waals surface area contributed by atoms with Crippen molar-refractivity contribution >= 4 is 11.3 Å². The van der Waals surface area contributed by atoms with Crippen LogP contribution in [0.4, 0.5) is 0 Å². The van der Waals surface area contributed by atoms with E-state index in [0.717, 1.165) is 25.7 Å². The molecule has 1 N–H and O–H groups in total. The fourth-order valence-electron chi connectivity index (χ4n) is 2.16. The zero-order chi connectivity index (χ0) is 13.8. The van der Waals surface area contributed by atoms with Crippen LogP contribution in [0.1, 0.15) is 51.2 Å². The topological polar surface area (TPSA) is 28.2 Å². The van der Waals surface area contributed by atoms with E-state index in [1.165, 1.54) is 23.5 Å². The van der Waals surface area contributed by atoms with Gasteiger partial charge in [0, 0.05) is 37.1 Å². The second kappa shape index (κ2) is 6.82.